The van der Waals surface area contributed by atoms with Crippen molar-refractivity contribution in [2.75, 3.05) is 0 Å². The summed E-state index contributed by atoms with van der Waals surface area (Å²) in [6.45, 7) is 3.98. The molecule has 0 fully saturated rings. The largest absolute Gasteiger partial charge is 0.438 e. The highest BCUT2D eigenvalue weighted by atomic mass is 16.5. The van der Waals surface area contributed by atoms with Gasteiger partial charge >= 0.3 is 0 Å². The first-order valence-corrected chi connectivity index (χ1v) is 7.52. The van der Waals surface area contributed by atoms with Crippen molar-refractivity contribution in [3.8, 4) is 23.0 Å². The minimum Gasteiger partial charge on any atom is -0.438 e. The van der Waals surface area contributed by atoms with E-state index in [1.807, 2.05) is 50.2 Å². The molecule has 0 aliphatic carbocycles. The van der Waals surface area contributed by atoms with Crippen LogP contribution in [0.5, 0.6) is 11.6 Å². The molecule has 0 saturated carbocycles. The summed E-state index contributed by atoms with van der Waals surface area (Å²) in [6, 6.07) is 15.1. The van der Waals surface area contributed by atoms with Crippen molar-refractivity contribution in [1.29, 1.82) is 0 Å². The first-order chi connectivity index (χ1) is 11.6. The van der Waals surface area contributed by atoms with E-state index in [-0.39, 0.29) is 11.4 Å². The second-order valence-electron chi connectivity index (χ2n) is 5.46. The Morgan fingerprint density at radius 3 is 2.29 bits per heavy atom. The van der Waals surface area contributed by atoms with Crippen LogP contribution in [-0.4, -0.2) is 15.9 Å². The fraction of sp³-hybridized carbons (Fsp3) is 0.105. The summed E-state index contributed by atoms with van der Waals surface area (Å²) in [4.78, 5) is 20.4. The van der Waals surface area contributed by atoms with E-state index in [2.05, 4.69) is 9.97 Å². The fourth-order valence-electron chi connectivity index (χ4n) is 2.50. The van der Waals surface area contributed by atoms with Crippen LogP contribution in [0.25, 0.3) is 11.4 Å². The number of aryl methyl sites for hydroxylation is 2. The third kappa shape index (κ3) is 3.10. The van der Waals surface area contributed by atoms with Crippen LogP contribution >= 0.6 is 0 Å². The standard InChI is InChI=1S/C19H17N3O2/c1-12-7-6-8-13(2)16(12)18-21-11-15(17(20)23)19(22-18)24-14-9-4-3-5-10-14/h3-11H,1-2H3,(H2,20,23). The molecule has 1 heterocycles. The lowest BCUT2D eigenvalue weighted by atomic mass is 10.0. The maximum absolute atomic E-state index is 11.7. The molecular weight excluding hydrogens is 302 g/mol. The number of hydrogen-bond donors (Lipinski definition) is 1. The molecule has 0 radical (unpaired) electrons. The summed E-state index contributed by atoms with van der Waals surface area (Å²) in [5.74, 6) is 0.600. The summed E-state index contributed by atoms with van der Waals surface area (Å²) in [7, 11) is 0. The molecule has 5 nitrogen and oxygen atoms in total. The Kier molecular flexibility index (Phi) is 4.24. The molecule has 3 rings (SSSR count). The predicted octanol–water partition coefficient (Wildman–Crippen LogP) is 3.65. The number of ether oxygens (including phenoxy) is 1. The van der Waals surface area contributed by atoms with Crippen LogP contribution in [0.2, 0.25) is 0 Å². The van der Waals surface area contributed by atoms with Crippen molar-refractivity contribution in [2.24, 2.45) is 5.73 Å². The number of aromatic nitrogens is 2. The van der Waals surface area contributed by atoms with Gasteiger partial charge in [-0.1, -0.05) is 36.4 Å². The quantitative estimate of drug-likeness (QED) is 0.796. The van der Waals surface area contributed by atoms with Crippen LogP contribution in [0.3, 0.4) is 0 Å². The normalized spacial score (nSPS) is 10.4. The summed E-state index contributed by atoms with van der Waals surface area (Å²) < 4.78 is 5.76. The smallest absolute Gasteiger partial charge is 0.255 e. The Morgan fingerprint density at radius 1 is 1.00 bits per heavy atom. The number of rotatable bonds is 4. The highest BCUT2D eigenvalue weighted by Crippen LogP contribution is 2.28. The lowest BCUT2D eigenvalue weighted by Gasteiger charge is -2.12. The van der Waals surface area contributed by atoms with Crippen molar-refractivity contribution in [3.63, 3.8) is 0 Å². The molecule has 0 aliphatic heterocycles. The molecule has 0 aliphatic rings. The SMILES string of the molecule is Cc1cccc(C)c1-c1ncc(C(N)=O)c(Oc2ccccc2)n1. The molecule has 5 heteroatoms. The van der Waals surface area contributed by atoms with E-state index in [0.29, 0.717) is 11.6 Å². The number of nitrogens with zero attached hydrogens (tertiary/aromatic N) is 2. The van der Waals surface area contributed by atoms with Gasteiger partial charge in [0.2, 0.25) is 5.88 Å². The molecule has 120 valence electrons. The maximum atomic E-state index is 11.7. The summed E-state index contributed by atoms with van der Waals surface area (Å²) >= 11 is 0. The van der Waals surface area contributed by atoms with Crippen LogP contribution in [-0.2, 0) is 0 Å². The Balaban J connectivity index is 2.11. The van der Waals surface area contributed by atoms with E-state index < -0.39 is 5.91 Å². The Morgan fingerprint density at radius 2 is 1.67 bits per heavy atom. The van der Waals surface area contributed by atoms with E-state index in [9.17, 15) is 4.79 Å². The molecule has 3 aromatic rings. The summed E-state index contributed by atoms with van der Waals surface area (Å²) in [5, 5.41) is 0. The van der Waals surface area contributed by atoms with Crippen LogP contribution < -0.4 is 10.5 Å². The first-order valence-electron chi connectivity index (χ1n) is 7.52. The predicted molar refractivity (Wildman–Crippen MR) is 92.0 cm³/mol. The zero-order valence-corrected chi connectivity index (χ0v) is 13.5. The van der Waals surface area contributed by atoms with Gasteiger partial charge in [0.1, 0.15) is 11.3 Å². The number of carbonyl (C=O) groups is 1. The minimum absolute atomic E-state index is 0.147. The molecule has 24 heavy (non-hydrogen) atoms. The number of primary amides is 1. The monoisotopic (exact) mass is 319 g/mol. The Bertz CT molecular complexity index is 872. The molecule has 0 unspecified atom stereocenters. The van der Waals surface area contributed by atoms with Gasteiger partial charge in [0.15, 0.2) is 5.82 Å². The second kappa shape index (κ2) is 6.50. The average molecular weight is 319 g/mol. The molecule has 0 bridgehead atoms. The topological polar surface area (TPSA) is 78.1 Å². The van der Waals surface area contributed by atoms with Gasteiger partial charge in [-0.25, -0.2) is 4.98 Å². The number of benzene rings is 2. The maximum Gasteiger partial charge on any atom is 0.255 e. The van der Waals surface area contributed by atoms with Gasteiger partial charge in [-0.3, -0.25) is 4.79 Å². The van der Waals surface area contributed by atoms with Gasteiger partial charge in [-0.15, -0.1) is 0 Å². The van der Waals surface area contributed by atoms with Crippen molar-refractivity contribution in [2.45, 2.75) is 13.8 Å². The number of hydrogen-bond acceptors (Lipinski definition) is 4. The van der Waals surface area contributed by atoms with Gasteiger partial charge in [0.25, 0.3) is 5.91 Å². The van der Waals surface area contributed by atoms with Crippen LogP contribution in [0.15, 0.2) is 54.7 Å². The van der Waals surface area contributed by atoms with E-state index >= 15 is 0 Å². The van der Waals surface area contributed by atoms with Crippen LogP contribution in [0, 0.1) is 13.8 Å². The highest BCUT2D eigenvalue weighted by molar-refractivity contribution is 5.95. The zero-order chi connectivity index (χ0) is 17.1. The molecular formula is C19H17N3O2. The lowest BCUT2D eigenvalue weighted by molar-refractivity contribution is 0.0997. The molecule has 2 N–H and O–H groups in total. The van der Waals surface area contributed by atoms with Crippen molar-refractivity contribution < 1.29 is 9.53 Å². The first kappa shape index (κ1) is 15.7. The minimum atomic E-state index is -0.631. The molecule has 0 saturated heterocycles. The Labute approximate surface area is 140 Å². The number of nitrogens with two attached hydrogens (primary N) is 1. The van der Waals surface area contributed by atoms with E-state index in [1.165, 1.54) is 6.20 Å². The zero-order valence-electron chi connectivity index (χ0n) is 13.5. The number of carbonyl (C=O) groups excluding carboxylic acids is 1. The molecule has 1 aromatic heterocycles. The Hall–Kier alpha value is -3.21. The van der Waals surface area contributed by atoms with Gasteiger partial charge in [0.05, 0.1) is 0 Å². The van der Waals surface area contributed by atoms with Gasteiger partial charge < -0.3 is 10.5 Å². The van der Waals surface area contributed by atoms with Crippen LogP contribution in [0.1, 0.15) is 21.5 Å². The van der Waals surface area contributed by atoms with Crippen molar-refractivity contribution >= 4 is 5.91 Å². The van der Waals surface area contributed by atoms with Gasteiger partial charge in [-0.2, -0.15) is 4.98 Å². The highest BCUT2D eigenvalue weighted by Gasteiger charge is 2.17. The average Bonchev–Trinajstić information content (AvgIpc) is 2.55. The van der Waals surface area contributed by atoms with Crippen molar-refractivity contribution in [1.82, 2.24) is 9.97 Å². The van der Waals surface area contributed by atoms with Crippen LogP contribution in [0.4, 0.5) is 0 Å². The third-order valence-corrected chi connectivity index (χ3v) is 3.68. The third-order valence-electron chi connectivity index (χ3n) is 3.68. The number of amides is 1. The van der Waals surface area contributed by atoms with E-state index in [1.54, 1.807) is 12.1 Å². The molecule has 2 aromatic carbocycles. The fourth-order valence-corrected chi connectivity index (χ4v) is 2.50. The molecule has 0 atom stereocenters. The van der Waals surface area contributed by atoms with E-state index in [4.69, 9.17) is 10.5 Å². The van der Waals surface area contributed by atoms with Crippen molar-refractivity contribution in [3.05, 3.63) is 71.4 Å². The molecule has 1 amide bonds. The summed E-state index contributed by atoms with van der Waals surface area (Å²) in [6.07, 6.45) is 1.41. The number of para-hydroxylation sites is 1. The van der Waals surface area contributed by atoms with E-state index in [0.717, 1.165) is 16.7 Å². The summed E-state index contributed by atoms with van der Waals surface area (Å²) in [5.41, 5.74) is 8.58. The second-order valence-corrected chi connectivity index (χ2v) is 5.46. The molecule has 0 spiro atoms. The lowest BCUT2D eigenvalue weighted by Crippen LogP contribution is -2.14. The van der Waals surface area contributed by atoms with Gasteiger partial charge in [-0.05, 0) is 37.1 Å². The van der Waals surface area contributed by atoms with Gasteiger partial charge in [0, 0.05) is 11.8 Å².